The lowest BCUT2D eigenvalue weighted by Crippen LogP contribution is -2.17. The molecule has 0 amide bonds. The monoisotopic (exact) mass is 226 g/mol. The Labute approximate surface area is 99.5 Å². The predicted molar refractivity (Wildman–Crippen MR) is 69.5 cm³/mol. The van der Waals surface area contributed by atoms with E-state index in [1.807, 2.05) is 12.1 Å². The van der Waals surface area contributed by atoms with E-state index in [1.54, 1.807) is 7.05 Å². The molecule has 0 radical (unpaired) electrons. The summed E-state index contributed by atoms with van der Waals surface area (Å²) < 4.78 is 0. The van der Waals surface area contributed by atoms with Crippen molar-refractivity contribution in [3.63, 3.8) is 0 Å². The van der Waals surface area contributed by atoms with E-state index in [9.17, 15) is 4.79 Å². The summed E-state index contributed by atoms with van der Waals surface area (Å²) in [7, 11) is 1.77. The zero-order valence-electron chi connectivity index (χ0n) is 9.71. The van der Waals surface area contributed by atoms with Crippen molar-refractivity contribution in [2.45, 2.75) is 12.8 Å². The van der Waals surface area contributed by atoms with Gasteiger partial charge in [-0.05, 0) is 30.0 Å². The fourth-order valence-electron chi connectivity index (χ4n) is 2.45. The first kappa shape index (κ1) is 10.1. The van der Waals surface area contributed by atoms with Gasteiger partial charge in [0.2, 0.25) is 0 Å². The summed E-state index contributed by atoms with van der Waals surface area (Å²) in [5, 5.41) is 2.93. The van der Waals surface area contributed by atoms with E-state index in [4.69, 9.17) is 0 Å². The molecule has 17 heavy (non-hydrogen) atoms. The third-order valence-electron chi connectivity index (χ3n) is 3.34. The molecule has 0 fully saturated rings. The highest BCUT2D eigenvalue weighted by Crippen LogP contribution is 2.32. The lowest BCUT2D eigenvalue weighted by Gasteiger charge is -2.19. The second kappa shape index (κ2) is 3.77. The Morgan fingerprint density at radius 2 is 2.00 bits per heavy atom. The molecule has 1 aromatic carbocycles. The van der Waals surface area contributed by atoms with Crippen molar-refractivity contribution in [1.82, 2.24) is 4.98 Å². The van der Waals surface area contributed by atoms with Gasteiger partial charge in [-0.15, -0.1) is 0 Å². The van der Waals surface area contributed by atoms with Crippen LogP contribution in [-0.4, -0.2) is 12.0 Å². The van der Waals surface area contributed by atoms with Crippen LogP contribution in [0.3, 0.4) is 0 Å². The van der Waals surface area contributed by atoms with Gasteiger partial charge in [0.25, 0.3) is 5.56 Å². The molecule has 3 nitrogen and oxygen atoms in total. The third kappa shape index (κ3) is 1.55. The summed E-state index contributed by atoms with van der Waals surface area (Å²) in [4.78, 5) is 14.7. The van der Waals surface area contributed by atoms with Crippen molar-refractivity contribution in [1.29, 1.82) is 0 Å². The molecule has 0 atom stereocenters. The normalized spacial score (nSPS) is 12.8. The minimum atomic E-state index is -0.0365. The highest BCUT2D eigenvalue weighted by molar-refractivity contribution is 5.74. The number of aryl methyl sites for hydroxylation is 2. The Balaban J connectivity index is 2.28. The lowest BCUT2D eigenvalue weighted by molar-refractivity contribution is 0.888. The summed E-state index contributed by atoms with van der Waals surface area (Å²) in [6, 6.07) is 10.3. The zero-order chi connectivity index (χ0) is 11.8. The number of rotatable bonds is 1. The third-order valence-corrected chi connectivity index (χ3v) is 3.34. The maximum Gasteiger partial charge on any atom is 0.271 e. The standard InChI is InChI=1S/C14H14N2O/c1-15-13-8-11-10-5-3-2-4-9(10)6-7-12(11)16-14(13)17/h2-5,8,15H,6-7H2,1H3,(H,16,17). The summed E-state index contributed by atoms with van der Waals surface area (Å²) in [5.74, 6) is 0. The summed E-state index contributed by atoms with van der Waals surface area (Å²) in [6.07, 6.45) is 1.91. The van der Waals surface area contributed by atoms with Crippen LogP contribution in [-0.2, 0) is 12.8 Å². The van der Waals surface area contributed by atoms with Crippen LogP contribution >= 0.6 is 0 Å². The van der Waals surface area contributed by atoms with E-state index < -0.39 is 0 Å². The highest BCUT2D eigenvalue weighted by atomic mass is 16.1. The Bertz CT molecular complexity index is 628. The zero-order valence-corrected chi connectivity index (χ0v) is 9.71. The van der Waals surface area contributed by atoms with E-state index >= 15 is 0 Å². The largest absolute Gasteiger partial charge is 0.384 e. The maximum atomic E-state index is 11.7. The van der Waals surface area contributed by atoms with E-state index in [1.165, 1.54) is 11.1 Å². The number of aromatic amines is 1. The molecular weight excluding hydrogens is 212 g/mol. The average molecular weight is 226 g/mol. The Hall–Kier alpha value is -2.03. The highest BCUT2D eigenvalue weighted by Gasteiger charge is 2.17. The first-order valence-electron chi connectivity index (χ1n) is 5.82. The molecule has 86 valence electrons. The van der Waals surface area contributed by atoms with Crippen LogP contribution in [0, 0.1) is 0 Å². The van der Waals surface area contributed by atoms with Gasteiger partial charge in [-0.1, -0.05) is 24.3 Å². The SMILES string of the molecule is CNc1cc2c([nH]c1=O)CCc1ccccc1-2. The van der Waals surface area contributed by atoms with E-state index in [0.29, 0.717) is 5.69 Å². The van der Waals surface area contributed by atoms with Gasteiger partial charge in [0.05, 0.1) is 0 Å². The smallest absolute Gasteiger partial charge is 0.271 e. The number of hydrogen-bond acceptors (Lipinski definition) is 2. The van der Waals surface area contributed by atoms with Crippen molar-refractivity contribution < 1.29 is 0 Å². The molecule has 2 N–H and O–H groups in total. The van der Waals surface area contributed by atoms with Gasteiger partial charge in [0.1, 0.15) is 5.69 Å². The number of hydrogen-bond donors (Lipinski definition) is 2. The molecule has 1 aliphatic rings. The number of H-pyrrole nitrogens is 1. The molecule has 2 aromatic rings. The average Bonchev–Trinajstić information content (AvgIpc) is 2.37. The number of pyridine rings is 1. The topological polar surface area (TPSA) is 44.9 Å². The second-order valence-corrected chi connectivity index (χ2v) is 4.31. The maximum absolute atomic E-state index is 11.7. The van der Waals surface area contributed by atoms with Crippen LogP contribution in [0.5, 0.6) is 0 Å². The van der Waals surface area contributed by atoms with Crippen LogP contribution in [0.25, 0.3) is 11.1 Å². The first-order valence-corrected chi connectivity index (χ1v) is 5.82. The fraction of sp³-hybridized carbons (Fsp3) is 0.214. The van der Waals surface area contributed by atoms with Gasteiger partial charge < -0.3 is 10.3 Å². The van der Waals surface area contributed by atoms with Gasteiger partial charge in [-0.3, -0.25) is 4.79 Å². The second-order valence-electron chi connectivity index (χ2n) is 4.31. The molecule has 0 bridgehead atoms. The molecule has 0 unspecified atom stereocenters. The van der Waals surface area contributed by atoms with E-state index in [2.05, 4.69) is 28.5 Å². The predicted octanol–water partition coefficient (Wildman–Crippen LogP) is 2.18. The summed E-state index contributed by atoms with van der Waals surface area (Å²) >= 11 is 0. The molecule has 1 aliphatic carbocycles. The molecule has 0 spiro atoms. The molecule has 1 heterocycles. The number of benzene rings is 1. The first-order chi connectivity index (χ1) is 8.29. The van der Waals surface area contributed by atoms with Crippen molar-refractivity contribution in [3.05, 3.63) is 51.9 Å². The van der Waals surface area contributed by atoms with Gasteiger partial charge >= 0.3 is 0 Å². The molecule has 0 saturated heterocycles. The van der Waals surface area contributed by atoms with Crippen LogP contribution in [0.2, 0.25) is 0 Å². The van der Waals surface area contributed by atoms with Crippen molar-refractivity contribution in [2.75, 3.05) is 12.4 Å². The van der Waals surface area contributed by atoms with Crippen molar-refractivity contribution in [2.24, 2.45) is 0 Å². The van der Waals surface area contributed by atoms with Crippen molar-refractivity contribution in [3.8, 4) is 11.1 Å². The Morgan fingerprint density at radius 3 is 2.82 bits per heavy atom. The number of anilines is 1. The van der Waals surface area contributed by atoms with Crippen LogP contribution in [0.1, 0.15) is 11.3 Å². The Kier molecular flexibility index (Phi) is 2.25. The van der Waals surface area contributed by atoms with E-state index in [0.717, 1.165) is 24.1 Å². The molecule has 1 aromatic heterocycles. The van der Waals surface area contributed by atoms with Gasteiger partial charge in [-0.25, -0.2) is 0 Å². The minimum absolute atomic E-state index is 0.0365. The van der Waals surface area contributed by atoms with Crippen LogP contribution in [0.4, 0.5) is 5.69 Å². The van der Waals surface area contributed by atoms with Crippen molar-refractivity contribution >= 4 is 5.69 Å². The number of aromatic nitrogens is 1. The van der Waals surface area contributed by atoms with Gasteiger partial charge in [0.15, 0.2) is 0 Å². The van der Waals surface area contributed by atoms with Crippen LogP contribution in [0.15, 0.2) is 35.1 Å². The molecule has 3 rings (SSSR count). The molecule has 3 heteroatoms. The van der Waals surface area contributed by atoms with Gasteiger partial charge in [0, 0.05) is 18.3 Å². The lowest BCUT2D eigenvalue weighted by atomic mass is 9.88. The number of nitrogens with one attached hydrogen (secondary N) is 2. The summed E-state index contributed by atoms with van der Waals surface area (Å²) in [5.41, 5.74) is 5.38. The molecule has 0 aliphatic heterocycles. The molecular formula is C14H14N2O. The number of fused-ring (bicyclic) bond motifs is 3. The fourth-order valence-corrected chi connectivity index (χ4v) is 2.45. The quantitative estimate of drug-likeness (QED) is 0.782. The Morgan fingerprint density at radius 1 is 1.18 bits per heavy atom. The van der Waals surface area contributed by atoms with E-state index in [-0.39, 0.29) is 5.56 Å². The molecule has 0 saturated carbocycles. The minimum Gasteiger partial charge on any atom is -0.384 e. The van der Waals surface area contributed by atoms with Gasteiger partial charge in [-0.2, -0.15) is 0 Å². The van der Waals surface area contributed by atoms with Crippen LogP contribution < -0.4 is 10.9 Å². The summed E-state index contributed by atoms with van der Waals surface area (Å²) in [6.45, 7) is 0.